The number of ether oxygens (including phenoxy) is 2. The zero-order valence-corrected chi connectivity index (χ0v) is 7.72. The molecule has 1 unspecified atom stereocenters. The van der Waals surface area contributed by atoms with Crippen molar-refractivity contribution >= 4 is 0 Å². The zero-order valence-electron chi connectivity index (χ0n) is 7.72. The lowest BCUT2D eigenvalue weighted by atomic mass is 9.88. The van der Waals surface area contributed by atoms with E-state index < -0.39 is 0 Å². The lowest BCUT2D eigenvalue weighted by Crippen LogP contribution is -2.27. The minimum absolute atomic E-state index is 0.377. The van der Waals surface area contributed by atoms with Crippen LogP contribution >= 0.6 is 0 Å². The van der Waals surface area contributed by atoms with Gasteiger partial charge >= 0.3 is 0 Å². The maximum absolute atomic E-state index is 5.43. The Kier molecular flexibility index (Phi) is 2.90. The van der Waals surface area contributed by atoms with E-state index in [-0.39, 0.29) is 0 Å². The van der Waals surface area contributed by atoms with Gasteiger partial charge in [-0.05, 0) is 18.3 Å². The third-order valence-corrected chi connectivity index (χ3v) is 1.81. The highest BCUT2D eigenvalue weighted by molar-refractivity contribution is 4.70. The molecule has 0 N–H and O–H groups in total. The van der Waals surface area contributed by atoms with Gasteiger partial charge in [-0.2, -0.15) is 0 Å². The van der Waals surface area contributed by atoms with Gasteiger partial charge in [0, 0.05) is 0 Å². The summed E-state index contributed by atoms with van der Waals surface area (Å²) in [4.78, 5) is 0. The van der Waals surface area contributed by atoms with Crippen LogP contribution in [0.1, 0.15) is 33.6 Å². The van der Waals surface area contributed by atoms with E-state index in [4.69, 9.17) is 9.47 Å². The smallest absolute Gasteiger partial charge is 0.147 e. The Morgan fingerprint density at radius 1 is 1.36 bits per heavy atom. The van der Waals surface area contributed by atoms with Crippen molar-refractivity contribution in [1.29, 1.82) is 0 Å². The number of hydrogen-bond donors (Lipinski definition) is 0. The molecular weight excluding hydrogens is 140 g/mol. The minimum Gasteiger partial charge on any atom is -0.355 e. The van der Waals surface area contributed by atoms with Crippen LogP contribution < -0.4 is 0 Å². The van der Waals surface area contributed by atoms with Crippen LogP contribution in [-0.2, 0) is 9.47 Å². The van der Waals surface area contributed by atoms with Crippen LogP contribution in [0.5, 0.6) is 0 Å². The fourth-order valence-corrected chi connectivity index (χ4v) is 1.35. The van der Waals surface area contributed by atoms with Crippen molar-refractivity contribution in [2.75, 3.05) is 13.4 Å². The second-order valence-electron chi connectivity index (χ2n) is 4.37. The highest BCUT2D eigenvalue weighted by Crippen LogP contribution is 2.25. The molecule has 1 heterocycles. The molecule has 11 heavy (non-hydrogen) atoms. The topological polar surface area (TPSA) is 18.5 Å². The maximum atomic E-state index is 5.43. The van der Waals surface area contributed by atoms with Gasteiger partial charge in [0.25, 0.3) is 0 Å². The quantitative estimate of drug-likeness (QED) is 0.582. The summed E-state index contributed by atoms with van der Waals surface area (Å²) in [7, 11) is 0. The summed E-state index contributed by atoms with van der Waals surface area (Å²) < 4.78 is 10.5. The van der Waals surface area contributed by atoms with Crippen molar-refractivity contribution in [2.24, 2.45) is 5.41 Å². The molecule has 1 atom stereocenters. The molecule has 1 saturated heterocycles. The van der Waals surface area contributed by atoms with Gasteiger partial charge in [-0.1, -0.05) is 20.8 Å². The first-order chi connectivity index (χ1) is 5.08. The Balaban J connectivity index is 2.24. The second-order valence-corrected chi connectivity index (χ2v) is 4.37. The van der Waals surface area contributed by atoms with E-state index in [2.05, 4.69) is 20.8 Å². The molecule has 0 amide bonds. The van der Waals surface area contributed by atoms with Crippen LogP contribution in [0.3, 0.4) is 0 Å². The molecule has 1 aliphatic rings. The summed E-state index contributed by atoms with van der Waals surface area (Å²) >= 11 is 0. The maximum Gasteiger partial charge on any atom is 0.147 e. The molecule has 1 aliphatic heterocycles. The largest absolute Gasteiger partial charge is 0.355 e. The van der Waals surface area contributed by atoms with Crippen molar-refractivity contribution in [2.45, 2.75) is 39.7 Å². The third kappa shape index (κ3) is 3.73. The molecule has 2 heteroatoms. The van der Waals surface area contributed by atoms with Crippen molar-refractivity contribution in [1.82, 2.24) is 0 Å². The van der Waals surface area contributed by atoms with E-state index >= 15 is 0 Å². The summed E-state index contributed by atoms with van der Waals surface area (Å²) in [6.45, 7) is 8.07. The molecule has 0 bridgehead atoms. The molecule has 0 aromatic rings. The van der Waals surface area contributed by atoms with Crippen LogP contribution in [0.15, 0.2) is 0 Å². The van der Waals surface area contributed by atoms with Gasteiger partial charge in [-0.15, -0.1) is 0 Å². The van der Waals surface area contributed by atoms with E-state index in [1.54, 1.807) is 0 Å². The summed E-state index contributed by atoms with van der Waals surface area (Å²) in [5, 5.41) is 0. The van der Waals surface area contributed by atoms with Gasteiger partial charge in [0.1, 0.15) is 6.79 Å². The molecule has 0 aromatic heterocycles. The fourth-order valence-electron chi connectivity index (χ4n) is 1.35. The molecule has 0 aliphatic carbocycles. The average Bonchev–Trinajstić information content (AvgIpc) is 1.85. The molecule has 1 rings (SSSR count). The van der Waals surface area contributed by atoms with Gasteiger partial charge in [0.2, 0.25) is 0 Å². The SMILES string of the molecule is CC(C)(C)CC1CCOCO1. The van der Waals surface area contributed by atoms with E-state index in [1.165, 1.54) is 0 Å². The Morgan fingerprint density at radius 2 is 2.09 bits per heavy atom. The summed E-state index contributed by atoms with van der Waals surface area (Å²) in [5.74, 6) is 0. The first-order valence-electron chi connectivity index (χ1n) is 4.27. The van der Waals surface area contributed by atoms with Crippen molar-refractivity contribution in [3.8, 4) is 0 Å². The van der Waals surface area contributed by atoms with Gasteiger partial charge in [-0.3, -0.25) is 0 Å². The van der Waals surface area contributed by atoms with Crippen LogP contribution in [0.25, 0.3) is 0 Å². The van der Waals surface area contributed by atoms with Crippen LogP contribution in [0, 0.1) is 5.41 Å². The van der Waals surface area contributed by atoms with Gasteiger partial charge in [-0.25, -0.2) is 0 Å². The third-order valence-electron chi connectivity index (χ3n) is 1.81. The standard InChI is InChI=1S/C9H18O2/c1-9(2,3)6-8-4-5-10-7-11-8/h8H,4-7H2,1-3H3. The van der Waals surface area contributed by atoms with E-state index in [9.17, 15) is 0 Å². The van der Waals surface area contributed by atoms with Crippen LogP contribution in [0.2, 0.25) is 0 Å². The van der Waals surface area contributed by atoms with Crippen molar-refractivity contribution in [3.05, 3.63) is 0 Å². The molecule has 0 saturated carbocycles. The van der Waals surface area contributed by atoms with Gasteiger partial charge in [0.05, 0.1) is 12.7 Å². The molecule has 0 aromatic carbocycles. The Bertz CT molecular complexity index is 109. The molecule has 0 radical (unpaired) electrons. The summed E-state index contributed by atoms with van der Waals surface area (Å²) in [6, 6.07) is 0. The van der Waals surface area contributed by atoms with E-state index in [1.807, 2.05) is 0 Å². The van der Waals surface area contributed by atoms with Crippen molar-refractivity contribution in [3.63, 3.8) is 0 Å². The van der Waals surface area contributed by atoms with E-state index in [0.29, 0.717) is 18.3 Å². The number of hydrogen-bond acceptors (Lipinski definition) is 2. The Morgan fingerprint density at radius 3 is 2.55 bits per heavy atom. The molecular formula is C9H18O2. The van der Waals surface area contributed by atoms with Crippen molar-refractivity contribution < 1.29 is 9.47 Å². The predicted molar refractivity (Wildman–Crippen MR) is 44.4 cm³/mol. The van der Waals surface area contributed by atoms with E-state index in [0.717, 1.165) is 19.4 Å². The van der Waals surface area contributed by atoms with Gasteiger partial charge in [0.15, 0.2) is 0 Å². The molecule has 1 fully saturated rings. The summed E-state index contributed by atoms with van der Waals surface area (Å²) in [5.41, 5.74) is 0.377. The molecule has 2 nitrogen and oxygen atoms in total. The predicted octanol–water partition coefficient (Wildman–Crippen LogP) is 2.19. The summed E-state index contributed by atoms with van der Waals surface area (Å²) in [6.07, 6.45) is 2.61. The molecule has 66 valence electrons. The lowest BCUT2D eigenvalue weighted by Gasteiger charge is -2.28. The van der Waals surface area contributed by atoms with Crippen LogP contribution in [0.4, 0.5) is 0 Å². The first kappa shape index (κ1) is 9.01. The van der Waals surface area contributed by atoms with Gasteiger partial charge < -0.3 is 9.47 Å². The Hall–Kier alpha value is -0.0800. The fraction of sp³-hybridized carbons (Fsp3) is 1.00. The highest BCUT2D eigenvalue weighted by Gasteiger charge is 2.21. The Labute approximate surface area is 68.9 Å². The highest BCUT2D eigenvalue weighted by atomic mass is 16.7. The zero-order chi connectivity index (χ0) is 8.32. The average molecular weight is 158 g/mol. The number of rotatable bonds is 1. The minimum atomic E-state index is 0.377. The second kappa shape index (κ2) is 3.55. The lowest BCUT2D eigenvalue weighted by molar-refractivity contribution is -0.146. The molecule has 0 spiro atoms. The first-order valence-corrected chi connectivity index (χ1v) is 4.27. The van der Waals surface area contributed by atoms with Crippen LogP contribution in [-0.4, -0.2) is 19.5 Å². The monoisotopic (exact) mass is 158 g/mol. The normalized spacial score (nSPS) is 27.0.